The molecule has 0 saturated heterocycles. The minimum Gasteiger partial charge on any atom is -0.491 e. The summed E-state index contributed by atoms with van der Waals surface area (Å²) in [5.74, 6) is 3.38. The van der Waals surface area contributed by atoms with E-state index in [2.05, 4.69) is 30.4 Å². The zero-order valence-corrected chi connectivity index (χ0v) is 19.6. The van der Waals surface area contributed by atoms with Gasteiger partial charge in [-0.2, -0.15) is 0 Å². The molecule has 1 aliphatic rings. The van der Waals surface area contributed by atoms with Crippen molar-refractivity contribution >= 4 is 29.9 Å². The van der Waals surface area contributed by atoms with Crippen LogP contribution in [0.15, 0.2) is 29.3 Å². The molecular formula is C20H31IN6O2. The maximum atomic E-state index is 10.5. The molecule has 1 aromatic carbocycles. The molecule has 0 bridgehead atoms. The molecule has 0 amide bonds. The lowest BCUT2D eigenvalue weighted by Gasteiger charge is -2.16. The highest BCUT2D eigenvalue weighted by Gasteiger charge is 2.17. The summed E-state index contributed by atoms with van der Waals surface area (Å²) < 4.78 is 7.78. The molecule has 1 atom stereocenters. The Hall–Kier alpha value is -1.88. The van der Waals surface area contributed by atoms with Crippen LogP contribution in [0.5, 0.6) is 5.75 Å². The molecule has 1 aliphatic heterocycles. The number of guanidine groups is 1. The Labute approximate surface area is 189 Å². The summed E-state index contributed by atoms with van der Waals surface area (Å²) in [6.45, 7) is 8.50. The maximum absolute atomic E-state index is 10.5. The van der Waals surface area contributed by atoms with Crippen LogP contribution in [0.1, 0.15) is 50.5 Å². The highest BCUT2D eigenvalue weighted by molar-refractivity contribution is 14.0. The van der Waals surface area contributed by atoms with E-state index in [1.807, 2.05) is 45.0 Å². The summed E-state index contributed by atoms with van der Waals surface area (Å²) in [7, 11) is 0. The Morgan fingerprint density at radius 2 is 2.00 bits per heavy atom. The van der Waals surface area contributed by atoms with Crippen LogP contribution in [-0.2, 0) is 19.5 Å². The fraction of sp³-hybridized carbons (Fsp3) is 0.550. The number of aliphatic imine (C=N–C) groups is 1. The lowest BCUT2D eigenvalue weighted by molar-refractivity contribution is 0.180. The van der Waals surface area contributed by atoms with Crippen LogP contribution in [0.4, 0.5) is 0 Å². The summed E-state index contributed by atoms with van der Waals surface area (Å²) in [4.78, 5) is 4.59. The van der Waals surface area contributed by atoms with Crippen LogP contribution in [-0.4, -0.2) is 45.0 Å². The van der Waals surface area contributed by atoms with Crippen molar-refractivity contribution in [2.24, 2.45) is 4.99 Å². The summed E-state index contributed by atoms with van der Waals surface area (Å²) >= 11 is 0. The second-order valence-corrected chi connectivity index (χ2v) is 7.12. The van der Waals surface area contributed by atoms with Gasteiger partial charge in [0, 0.05) is 26.1 Å². The van der Waals surface area contributed by atoms with E-state index in [0.717, 1.165) is 48.9 Å². The number of aryl methyl sites for hydroxylation is 1. The number of aliphatic hydroxyl groups excluding tert-OH is 1. The molecular weight excluding hydrogens is 483 g/mol. The molecule has 0 spiro atoms. The predicted octanol–water partition coefficient (Wildman–Crippen LogP) is 2.42. The number of benzene rings is 1. The standard InChI is InChI=1S/C20H30N6O2.HI/c1-4-21-20(23-13-19-25-24-18-6-5-11-26(18)19)22-12-17(27)15-7-9-16(10-8-15)28-14(2)3;/h7-10,14,17,27H,4-6,11-13H2,1-3H3,(H2,21,22,23);1H. The van der Waals surface area contributed by atoms with Gasteiger partial charge in [-0.25, -0.2) is 4.99 Å². The van der Waals surface area contributed by atoms with Gasteiger partial charge in [0.1, 0.15) is 18.1 Å². The average molecular weight is 514 g/mol. The topological polar surface area (TPSA) is 96.6 Å². The fourth-order valence-electron chi connectivity index (χ4n) is 3.17. The van der Waals surface area contributed by atoms with E-state index >= 15 is 0 Å². The van der Waals surface area contributed by atoms with Crippen molar-refractivity contribution in [1.82, 2.24) is 25.4 Å². The molecule has 1 aromatic heterocycles. The van der Waals surface area contributed by atoms with Gasteiger partial charge >= 0.3 is 0 Å². The van der Waals surface area contributed by atoms with Crippen LogP contribution >= 0.6 is 24.0 Å². The number of ether oxygens (including phenoxy) is 1. The molecule has 29 heavy (non-hydrogen) atoms. The molecule has 0 radical (unpaired) electrons. The summed E-state index contributed by atoms with van der Waals surface area (Å²) in [6.07, 6.45) is 1.59. The third kappa shape index (κ3) is 6.56. The van der Waals surface area contributed by atoms with Crippen LogP contribution in [0.3, 0.4) is 0 Å². The van der Waals surface area contributed by atoms with Crippen molar-refractivity contribution in [2.45, 2.75) is 58.9 Å². The van der Waals surface area contributed by atoms with Gasteiger partial charge < -0.3 is 25.0 Å². The second-order valence-electron chi connectivity index (χ2n) is 7.12. The largest absolute Gasteiger partial charge is 0.491 e. The van der Waals surface area contributed by atoms with Gasteiger partial charge in [-0.3, -0.25) is 0 Å². The van der Waals surface area contributed by atoms with Crippen molar-refractivity contribution in [1.29, 1.82) is 0 Å². The van der Waals surface area contributed by atoms with Gasteiger partial charge in [0.05, 0.1) is 12.2 Å². The van der Waals surface area contributed by atoms with Crippen LogP contribution in [0, 0.1) is 0 Å². The van der Waals surface area contributed by atoms with Crippen LogP contribution in [0.25, 0.3) is 0 Å². The first kappa shape index (κ1) is 23.4. The Balaban J connectivity index is 0.00000300. The zero-order chi connectivity index (χ0) is 19.9. The van der Waals surface area contributed by atoms with E-state index in [4.69, 9.17) is 4.74 Å². The molecule has 9 heteroatoms. The number of fused-ring (bicyclic) bond motifs is 1. The molecule has 1 unspecified atom stereocenters. The van der Waals surface area contributed by atoms with E-state index in [0.29, 0.717) is 19.0 Å². The van der Waals surface area contributed by atoms with E-state index in [1.54, 1.807) is 0 Å². The quantitative estimate of drug-likeness (QED) is 0.285. The molecule has 0 fully saturated rings. The van der Waals surface area contributed by atoms with E-state index < -0.39 is 6.10 Å². The third-order valence-electron chi connectivity index (χ3n) is 4.51. The number of aliphatic hydroxyl groups is 1. The number of aromatic nitrogens is 3. The van der Waals surface area contributed by atoms with Gasteiger partial charge in [0.2, 0.25) is 0 Å². The number of hydrogen-bond acceptors (Lipinski definition) is 5. The molecule has 0 aliphatic carbocycles. The highest BCUT2D eigenvalue weighted by Crippen LogP contribution is 2.18. The molecule has 3 rings (SSSR count). The van der Waals surface area contributed by atoms with Crippen LogP contribution < -0.4 is 15.4 Å². The predicted molar refractivity (Wildman–Crippen MR) is 124 cm³/mol. The third-order valence-corrected chi connectivity index (χ3v) is 4.51. The molecule has 2 heterocycles. The van der Waals surface area contributed by atoms with Crippen molar-refractivity contribution < 1.29 is 9.84 Å². The fourth-order valence-corrected chi connectivity index (χ4v) is 3.17. The lowest BCUT2D eigenvalue weighted by atomic mass is 10.1. The number of nitrogens with zero attached hydrogens (tertiary/aromatic N) is 4. The molecule has 2 aromatic rings. The monoisotopic (exact) mass is 514 g/mol. The summed E-state index contributed by atoms with van der Waals surface area (Å²) in [5, 5.41) is 25.3. The first-order valence-corrected chi connectivity index (χ1v) is 9.94. The SMILES string of the molecule is CCNC(=NCc1nnc2n1CCC2)NCC(O)c1ccc(OC(C)C)cc1.I. The van der Waals surface area contributed by atoms with Crippen molar-refractivity contribution in [3.05, 3.63) is 41.5 Å². The normalized spacial score (nSPS) is 14.3. The zero-order valence-electron chi connectivity index (χ0n) is 17.3. The van der Waals surface area contributed by atoms with Crippen molar-refractivity contribution in [3.63, 3.8) is 0 Å². The summed E-state index contributed by atoms with van der Waals surface area (Å²) in [6, 6.07) is 7.52. The minimum atomic E-state index is -0.644. The Morgan fingerprint density at radius 3 is 2.69 bits per heavy atom. The smallest absolute Gasteiger partial charge is 0.191 e. The Bertz CT molecular complexity index is 791. The van der Waals surface area contributed by atoms with E-state index in [1.165, 1.54) is 0 Å². The van der Waals surface area contributed by atoms with Gasteiger partial charge in [-0.1, -0.05) is 12.1 Å². The van der Waals surface area contributed by atoms with Gasteiger partial charge in [0.25, 0.3) is 0 Å². The lowest BCUT2D eigenvalue weighted by Crippen LogP contribution is -2.39. The average Bonchev–Trinajstić information content (AvgIpc) is 3.28. The number of halogens is 1. The van der Waals surface area contributed by atoms with E-state index in [9.17, 15) is 5.11 Å². The molecule has 3 N–H and O–H groups in total. The van der Waals surface area contributed by atoms with Gasteiger partial charge in [-0.15, -0.1) is 34.2 Å². The maximum Gasteiger partial charge on any atom is 0.191 e. The molecule has 8 nitrogen and oxygen atoms in total. The number of nitrogens with one attached hydrogen (secondary N) is 2. The first-order chi connectivity index (χ1) is 13.6. The van der Waals surface area contributed by atoms with Crippen LogP contribution in [0.2, 0.25) is 0 Å². The Kier molecular flexibility index (Phi) is 9.15. The highest BCUT2D eigenvalue weighted by atomic mass is 127. The van der Waals surface area contributed by atoms with E-state index in [-0.39, 0.29) is 30.1 Å². The van der Waals surface area contributed by atoms with Crippen molar-refractivity contribution in [3.8, 4) is 5.75 Å². The number of hydrogen-bond donors (Lipinski definition) is 3. The first-order valence-electron chi connectivity index (χ1n) is 9.94. The van der Waals surface area contributed by atoms with Crippen molar-refractivity contribution in [2.75, 3.05) is 13.1 Å². The second kappa shape index (κ2) is 11.3. The van der Waals surface area contributed by atoms with Gasteiger partial charge in [-0.05, 0) is 44.9 Å². The Morgan fingerprint density at radius 1 is 1.24 bits per heavy atom. The van der Waals surface area contributed by atoms with Gasteiger partial charge in [0.15, 0.2) is 11.8 Å². The summed E-state index contributed by atoms with van der Waals surface area (Å²) in [5.41, 5.74) is 0.828. The minimum absolute atomic E-state index is 0. The molecule has 160 valence electrons. The molecule has 0 saturated carbocycles. The number of rotatable bonds is 8.